The maximum Gasteiger partial charge on any atom is 0.313 e. The molecule has 3 aromatic rings. The van der Waals surface area contributed by atoms with Gasteiger partial charge >= 0.3 is 5.97 Å². The van der Waals surface area contributed by atoms with Gasteiger partial charge in [-0.3, -0.25) is 19.2 Å². The van der Waals surface area contributed by atoms with Crippen LogP contribution in [0, 0.1) is 11.8 Å². The van der Waals surface area contributed by atoms with Crippen molar-refractivity contribution in [2.75, 3.05) is 36.0 Å². The number of fused-ring (bicyclic) bond motifs is 2. The summed E-state index contributed by atoms with van der Waals surface area (Å²) in [6.45, 7) is 7.23. The number of esters is 1. The standard InChI is InChI=1S/C43H47BrN4O7/c1-4-46(5-2)30-20-22-31(23-21-30)47-24-14-8-13-19-34(50)45-27(3)37(29-17-11-7-12-18-29)54-42(53)35-36-40(51)48(33(26-49)28-15-9-6-10-16-28)39(41(47)52)43(36)25-32(44)38(35)55-43/h6-12,14-18,20-23,25,27,33,35-39,49H,4-5,13,19,24,26H2,1-3H3,(H,45,50)/b14-8-/t27-,33+,35+,36-,37+,38+,39+,43-/m0/s1. The Balaban J connectivity index is 1.38. The minimum Gasteiger partial charge on any atom is -0.455 e. The van der Waals surface area contributed by atoms with Crippen LogP contribution in [-0.4, -0.2) is 83.7 Å². The normalized spacial score (nSPS) is 29.4. The molecule has 12 heteroatoms. The summed E-state index contributed by atoms with van der Waals surface area (Å²) in [6, 6.07) is 23.2. The molecule has 7 rings (SSSR count). The zero-order chi connectivity index (χ0) is 38.9. The predicted molar refractivity (Wildman–Crippen MR) is 212 cm³/mol. The molecule has 2 fully saturated rings. The Labute approximate surface area is 330 Å². The number of nitrogens with zero attached hydrogens (tertiary/aromatic N) is 3. The highest BCUT2D eigenvalue weighted by Gasteiger charge is 2.75. The number of hydrogen-bond acceptors (Lipinski definition) is 8. The number of carbonyl (C=O) groups excluding carboxylic acids is 4. The van der Waals surface area contributed by atoms with E-state index in [1.54, 1.807) is 17.9 Å². The number of aliphatic hydroxyl groups excluding tert-OH is 1. The van der Waals surface area contributed by atoms with Crippen LogP contribution in [0.25, 0.3) is 0 Å². The number of nitrogens with one attached hydrogen (secondary N) is 1. The van der Waals surface area contributed by atoms with E-state index in [1.165, 1.54) is 4.90 Å². The molecule has 0 aliphatic carbocycles. The summed E-state index contributed by atoms with van der Waals surface area (Å²) >= 11 is 3.64. The van der Waals surface area contributed by atoms with E-state index in [4.69, 9.17) is 9.47 Å². The number of allylic oxidation sites excluding steroid dienone is 1. The average molecular weight is 812 g/mol. The zero-order valence-electron chi connectivity index (χ0n) is 31.2. The van der Waals surface area contributed by atoms with Gasteiger partial charge in [0.05, 0.1) is 24.6 Å². The Morgan fingerprint density at radius 1 is 0.909 bits per heavy atom. The van der Waals surface area contributed by atoms with Gasteiger partial charge in [0.1, 0.15) is 29.8 Å². The Kier molecular flexibility index (Phi) is 11.3. The van der Waals surface area contributed by atoms with Gasteiger partial charge in [-0.2, -0.15) is 0 Å². The molecule has 288 valence electrons. The molecule has 0 saturated carbocycles. The van der Waals surface area contributed by atoms with Gasteiger partial charge in [-0.1, -0.05) is 88.7 Å². The fourth-order valence-corrected chi connectivity index (χ4v) is 9.43. The monoisotopic (exact) mass is 810 g/mol. The highest BCUT2D eigenvalue weighted by atomic mass is 79.9. The third-order valence-corrected chi connectivity index (χ3v) is 12.0. The summed E-state index contributed by atoms with van der Waals surface area (Å²) in [6.07, 6.45) is 4.29. The molecule has 2 saturated heterocycles. The van der Waals surface area contributed by atoms with E-state index in [9.17, 15) is 14.7 Å². The van der Waals surface area contributed by atoms with E-state index in [0.29, 0.717) is 27.7 Å². The van der Waals surface area contributed by atoms with Gasteiger partial charge in [-0.25, -0.2) is 0 Å². The topological polar surface area (TPSA) is 129 Å². The second-order valence-electron chi connectivity index (χ2n) is 14.5. The van der Waals surface area contributed by atoms with Gasteiger partial charge in [0.2, 0.25) is 11.8 Å². The molecular weight excluding hydrogens is 764 g/mol. The van der Waals surface area contributed by atoms with Crippen LogP contribution in [-0.2, 0) is 28.7 Å². The van der Waals surface area contributed by atoms with Crippen molar-refractivity contribution in [3.05, 3.63) is 119 Å². The van der Waals surface area contributed by atoms with E-state index >= 15 is 9.59 Å². The first-order valence-corrected chi connectivity index (χ1v) is 19.8. The molecule has 1 spiro atoms. The third kappa shape index (κ3) is 7.00. The maximum absolute atomic E-state index is 15.5. The van der Waals surface area contributed by atoms with Crippen LogP contribution in [0.2, 0.25) is 0 Å². The molecule has 2 N–H and O–H groups in total. The molecule has 4 aliphatic rings. The smallest absolute Gasteiger partial charge is 0.313 e. The van der Waals surface area contributed by atoms with Gasteiger partial charge < -0.3 is 34.6 Å². The SMILES string of the molecule is CCN(CC)c1ccc(N2C/C=C\CCC(=O)N[C@@H](C)[C@H](c3ccccc3)OC(=O)[C@H]3[C@@H]4O[C@@]5(C=C4Br)[C@@H]3C(=O)N([C@H](CO)c3ccccc3)[C@@H]5C2=O)cc1. The molecule has 0 radical (unpaired) electrons. The van der Waals surface area contributed by atoms with Gasteiger partial charge in [0.15, 0.2) is 0 Å². The molecule has 3 aromatic carbocycles. The van der Waals surface area contributed by atoms with Crippen LogP contribution < -0.4 is 15.1 Å². The van der Waals surface area contributed by atoms with Crippen molar-refractivity contribution in [2.24, 2.45) is 11.8 Å². The highest BCUT2D eigenvalue weighted by molar-refractivity contribution is 9.11. The molecule has 11 nitrogen and oxygen atoms in total. The first-order valence-electron chi connectivity index (χ1n) is 19.0. The molecule has 3 amide bonds. The third-order valence-electron chi connectivity index (χ3n) is 11.3. The number of hydrogen-bond donors (Lipinski definition) is 2. The summed E-state index contributed by atoms with van der Waals surface area (Å²) in [7, 11) is 0. The van der Waals surface area contributed by atoms with Gasteiger partial charge in [0, 0.05) is 41.9 Å². The van der Waals surface area contributed by atoms with Gasteiger partial charge in [-0.15, -0.1) is 0 Å². The van der Waals surface area contributed by atoms with Crippen molar-refractivity contribution < 1.29 is 33.8 Å². The van der Waals surface area contributed by atoms with Crippen LogP contribution >= 0.6 is 15.9 Å². The summed E-state index contributed by atoms with van der Waals surface area (Å²) in [5.74, 6) is -4.10. The number of aliphatic hydroxyl groups is 1. The molecule has 55 heavy (non-hydrogen) atoms. The molecule has 5 bridgehead atoms. The van der Waals surface area contributed by atoms with Crippen molar-refractivity contribution in [1.29, 1.82) is 0 Å². The molecule has 0 unspecified atom stereocenters. The molecule has 0 aromatic heterocycles. The second kappa shape index (κ2) is 16.1. The van der Waals surface area contributed by atoms with E-state index in [0.717, 1.165) is 18.8 Å². The Bertz CT molecular complexity index is 1950. The average Bonchev–Trinajstić information content (AvgIpc) is 3.79. The fourth-order valence-electron chi connectivity index (χ4n) is 8.69. The van der Waals surface area contributed by atoms with Gasteiger partial charge in [-0.05, 0) is 68.7 Å². The Morgan fingerprint density at radius 3 is 2.24 bits per heavy atom. The number of anilines is 2. The number of benzene rings is 3. The number of ether oxygens (including phenoxy) is 2. The summed E-state index contributed by atoms with van der Waals surface area (Å²) in [5.41, 5.74) is 1.34. The zero-order valence-corrected chi connectivity index (χ0v) is 32.8. The van der Waals surface area contributed by atoms with Gasteiger partial charge in [0.25, 0.3) is 5.91 Å². The fraction of sp³-hybridized carbons (Fsp3) is 0.395. The van der Waals surface area contributed by atoms with E-state index < -0.39 is 72.2 Å². The Hall–Kier alpha value is -4.78. The van der Waals surface area contributed by atoms with Crippen molar-refractivity contribution in [1.82, 2.24) is 10.2 Å². The minimum atomic E-state index is -1.57. The van der Waals surface area contributed by atoms with E-state index in [-0.39, 0.29) is 18.9 Å². The minimum absolute atomic E-state index is 0.131. The number of cyclic esters (lactones) is 1. The maximum atomic E-state index is 15.5. The second-order valence-corrected chi connectivity index (χ2v) is 15.4. The van der Waals surface area contributed by atoms with Crippen molar-refractivity contribution in [2.45, 2.75) is 69.5 Å². The lowest BCUT2D eigenvalue weighted by atomic mass is 9.74. The van der Waals surface area contributed by atoms with Crippen LogP contribution in [0.5, 0.6) is 0 Å². The summed E-state index contributed by atoms with van der Waals surface area (Å²) in [4.78, 5) is 63.7. The first-order chi connectivity index (χ1) is 26.6. The lowest BCUT2D eigenvalue weighted by Crippen LogP contribution is -2.57. The highest BCUT2D eigenvalue weighted by Crippen LogP contribution is 2.60. The molecular formula is C43H47BrN4O7. The summed E-state index contributed by atoms with van der Waals surface area (Å²) in [5, 5.41) is 14.0. The number of amides is 3. The van der Waals surface area contributed by atoms with E-state index in [1.807, 2.05) is 97.1 Å². The molecule has 4 aliphatic heterocycles. The lowest BCUT2D eigenvalue weighted by molar-refractivity contribution is -0.161. The van der Waals surface area contributed by atoms with Crippen molar-refractivity contribution in [3.8, 4) is 0 Å². The van der Waals surface area contributed by atoms with Crippen LogP contribution in [0.4, 0.5) is 11.4 Å². The van der Waals surface area contributed by atoms with Crippen LogP contribution in [0.3, 0.4) is 0 Å². The number of carbonyl (C=O) groups is 4. The molecule has 8 atom stereocenters. The molecule has 4 heterocycles. The number of likely N-dealkylation sites (tertiary alicyclic amines) is 1. The first kappa shape index (κ1) is 38.5. The lowest BCUT2D eigenvalue weighted by Gasteiger charge is -2.39. The predicted octanol–water partition coefficient (Wildman–Crippen LogP) is 5.61. The van der Waals surface area contributed by atoms with Crippen molar-refractivity contribution in [3.63, 3.8) is 0 Å². The van der Waals surface area contributed by atoms with Crippen molar-refractivity contribution >= 4 is 51.0 Å². The van der Waals surface area contributed by atoms with Crippen LogP contribution in [0.1, 0.15) is 56.9 Å². The summed E-state index contributed by atoms with van der Waals surface area (Å²) < 4.78 is 13.6. The number of halogens is 1. The number of rotatable bonds is 8. The van der Waals surface area contributed by atoms with Crippen LogP contribution in [0.15, 0.2) is 108 Å². The largest absolute Gasteiger partial charge is 0.455 e. The Morgan fingerprint density at radius 2 is 1.58 bits per heavy atom. The van der Waals surface area contributed by atoms with E-state index in [2.05, 4.69) is 40.0 Å². The quantitative estimate of drug-likeness (QED) is 0.222.